The third kappa shape index (κ3) is 3.89. The lowest BCUT2D eigenvalue weighted by Crippen LogP contribution is -2.27. The minimum atomic E-state index is -0.557. The predicted octanol–water partition coefficient (Wildman–Crippen LogP) is 1.88. The summed E-state index contributed by atoms with van der Waals surface area (Å²) in [6, 6.07) is 9.52. The smallest absolute Gasteiger partial charge is 0.331 e. The second-order valence-corrected chi connectivity index (χ2v) is 4.65. The fourth-order valence-electron chi connectivity index (χ4n) is 1.73. The summed E-state index contributed by atoms with van der Waals surface area (Å²) in [6.07, 6.45) is 4.64. The number of likely N-dealkylation sites (N-methyl/N-ethyl adjacent to an activating group) is 1. The summed E-state index contributed by atoms with van der Waals surface area (Å²) >= 11 is 0. The number of hydrogen-bond donors (Lipinski definition) is 0. The molecule has 1 heterocycles. The van der Waals surface area contributed by atoms with E-state index >= 15 is 0 Å². The number of esters is 1. The zero-order valence-corrected chi connectivity index (χ0v) is 11.9. The highest BCUT2D eigenvalue weighted by atomic mass is 16.5. The van der Waals surface area contributed by atoms with E-state index in [2.05, 4.69) is 4.98 Å². The van der Waals surface area contributed by atoms with Crippen LogP contribution in [0.3, 0.4) is 0 Å². The maximum atomic E-state index is 11.6. The first-order valence-electron chi connectivity index (χ1n) is 6.46. The molecular formula is C16H16N2O3. The lowest BCUT2D eigenvalue weighted by atomic mass is 10.1. The van der Waals surface area contributed by atoms with Crippen LogP contribution in [-0.4, -0.2) is 42.5 Å². The van der Waals surface area contributed by atoms with Gasteiger partial charge in [-0.25, -0.2) is 4.79 Å². The Morgan fingerprint density at radius 3 is 2.76 bits per heavy atom. The maximum absolute atomic E-state index is 11.6. The Hall–Kier alpha value is -2.69. The molecule has 5 nitrogen and oxygen atoms in total. The molecule has 0 aliphatic heterocycles. The largest absolute Gasteiger partial charge is 0.452 e. The molecule has 2 rings (SSSR count). The number of carbonyl (C=O) groups excluding carboxylic acids is 2. The van der Waals surface area contributed by atoms with Gasteiger partial charge in [-0.3, -0.25) is 9.78 Å². The van der Waals surface area contributed by atoms with Crippen LogP contribution in [0.1, 0.15) is 5.56 Å². The number of para-hydroxylation sites is 1. The second-order valence-electron chi connectivity index (χ2n) is 4.65. The minimum absolute atomic E-state index is 0.260. The van der Waals surface area contributed by atoms with Crippen LogP contribution < -0.4 is 0 Å². The average Bonchev–Trinajstić information content (AvgIpc) is 2.50. The fourth-order valence-corrected chi connectivity index (χ4v) is 1.73. The van der Waals surface area contributed by atoms with Crippen LogP contribution in [0.5, 0.6) is 0 Å². The van der Waals surface area contributed by atoms with Crippen molar-refractivity contribution in [3.63, 3.8) is 0 Å². The highest BCUT2D eigenvalue weighted by Crippen LogP contribution is 2.17. The number of ether oxygens (including phenoxy) is 1. The van der Waals surface area contributed by atoms with Crippen molar-refractivity contribution >= 4 is 28.9 Å². The normalized spacial score (nSPS) is 10.8. The van der Waals surface area contributed by atoms with Crippen LogP contribution in [0.4, 0.5) is 0 Å². The van der Waals surface area contributed by atoms with E-state index < -0.39 is 5.97 Å². The van der Waals surface area contributed by atoms with Crippen molar-refractivity contribution in [1.82, 2.24) is 9.88 Å². The molecule has 5 heteroatoms. The number of pyridine rings is 1. The number of nitrogens with zero attached hydrogens (tertiary/aromatic N) is 2. The quantitative estimate of drug-likeness (QED) is 0.635. The summed E-state index contributed by atoms with van der Waals surface area (Å²) in [5.41, 5.74) is 1.64. The summed E-state index contributed by atoms with van der Waals surface area (Å²) in [6.45, 7) is -0.260. The number of benzene rings is 1. The van der Waals surface area contributed by atoms with Crippen molar-refractivity contribution in [2.75, 3.05) is 20.7 Å². The Balaban J connectivity index is 2.06. The van der Waals surface area contributed by atoms with Gasteiger partial charge in [0, 0.05) is 37.3 Å². The van der Waals surface area contributed by atoms with Gasteiger partial charge in [-0.05, 0) is 12.1 Å². The van der Waals surface area contributed by atoms with Crippen molar-refractivity contribution in [3.05, 3.63) is 48.2 Å². The van der Waals surface area contributed by atoms with Crippen LogP contribution >= 0.6 is 0 Å². The van der Waals surface area contributed by atoms with Gasteiger partial charge in [-0.2, -0.15) is 0 Å². The fraction of sp³-hybridized carbons (Fsp3) is 0.188. The molecule has 108 valence electrons. The van der Waals surface area contributed by atoms with E-state index in [1.807, 2.05) is 30.3 Å². The van der Waals surface area contributed by atoms with E-state index in [4.69, 9.17) is 4.74 Å². The lowest BCUT2D eigenvalue weighted by molar-refractivity contribution is -0.146. The van der Waals surface area contributed by atoms with Gasteiger partial charge >= 0.3 is 5.97 Å². The first-order chi connectivity index (χ1) is 10.1. The standard InChI is InChI=1S/C16H16N2O3/c1-18(2)14(19)11-21-15(20)9-8-13-6-3-5-12-7-4-10-17-16(12)13/h3-10H,11H2,1-2H3/b9-8+. The lowest BCUT2D eigenvalue weighted by Gasteiger charge is -2.09. The summed E-state index contributed by atoms with van der Waals surface area (Å²) in [4.78, 5) is 28.5. The van der Waals surface area contributed by atoms with E-state index in [9.17, 15) is 9.59 Å². The van der Waals surface area contributed by atoms with Crippen LogP contribution in [0.15, 0.2) is 42.6 Å². The molecule has 21 heavy (non-hydrogen) atoms. The van der Waals surface area contributed by atoms with E-state index in [-0.39, 0.29) is 12.5 Å². The van der Waals surface area contributed by atoms with Crippen LogP contribution in [0, 0.1) is 0 Å². The molecule has 0 fully saturated rings. The first kappa shape index (κ1) is 14.7. The molecule has 2 aromatic rings. The van der Waals surface area contributed by atoms with Crippen molar-refractivity contribution in [2.24, 2.45) is 0 Å². The molecular weight excluding hydrogens is 268 g/mol. The number of aromatic nitrogens is 1. The Kier molecular flexibility index (Phi) is 4.66. The molecule has 0 unspecified atom stereocenters. The highest BCUT2D eigenvalue weighted by Gasteiger charge is 2.06. The van der Waals surface area contributed by atoms with Crippen LogP contribution in [0.2, 0.25) is 0 Å². The molecule has 0 saturated heterocycles. The van der Waals surface area contributed by atoms with Gasteiger partial charge in [0.2, 0.25) is 0 Å². The molecule has 0 aliphatic rings. The van der Waals surface area contributed by atoms with Crippen molar-refractivity contribution in [2.45, 2.75) is 0 Å². The summed E-state index contributed by atoms with van der Waals surface area (Å²) in [5, 5.41) is 0.996. The molecule has 0 bridgehead atoms. The van der Waals surface area contributed by atoms with Gasteiger partial charge in [0.15, 0.2) is 6.61 Å². The van der Waals surface area contributed by atoms with Crippen molar-refractivity contribution < 1.29 is 14.3 Å². The zero-order valence-electron chi connectivity index (χ0n) is 11.9. The molecule has 0 atom stereocenters. The van der Waals surface area contributed by atoms with Crippen LogP contribution in [-0.2, 0) is 14.3 Å². The Bertz CT molecular complexity index is 687. The Labute approximate surface area is 122 Å². The molecule has 0 saturated carbocycles. The topological polar surface area (TPSA) is 59.5 Å². The number of hydrogen-bond acceptors (Lipinski definition) is 4. The monoisotopic (exact) mass is 284 g/mol. The Morgan fingerprint density at radius 1 is 1.24 bits per heavy atom. The summed E-state index contributed by atoms with van der Waals surface area (Å²) < 4.78 is 4.86. The minimum Gasteiger partial charge on any atom is -0.452 e. The average molecular weight is 284 g/mol. The van der Waals surface area contributed by atoms with Gasteiger partial charge in [-0.15, -0.1) is 0 Å². The first-order valence-corrected chi connectivity index (χ1v) is 6.46. The van der Waals surface area contributed by atoms with Gasteiger partial charge in [-0.1, -0.05) is 24.3 Å². The van der Waals surface area contributed by atoms with E-state index in [1.165, 1.54) is 11.0 Å². The number of carbonyl (C=O) groups is 2. The van der Waals surface area contributed by atoms with Gasteiger partial charge in [0.25, 0.3) is 5.91 Å². The molecule has 0 N–H and O–H groups in total. The van der Waals surface area contributed by atoms with E-state index in [0.717, 1.165) is 16.5 Å². The predicted molar refractivity (Wildman–Crippen MR) is 80.4 cm³/mol. The molecule has 0 spiro atoms. The van der Waals surface area contributed by atoms with Crippen molar-refractivity contribution in [3.8, 4) is 0 Å². The van der Waals surface area contributed by atoms with E-state index in [1.54, 1.807) is 26.4 Å². The highest BCUT2D eigenvalue weighted by molar-refractivity contribution is 5.93. The molecule has 1 amide bonds. The molecule has 1 aromatic carbocycles. The molecule has 0 aliphatic carbocycles. The molecule has 1 aromatic heterocycles. The SMILES string of the molecule is CN(C)C(=O)COC(=O)/C=C/c1cccc2cccnc12. The number of amides is 1. The summed E-state index contributed by atoms with van der Waals surface area (Å²) in [5.74, 6) is -0.818. The molecule has 0 radical (unpaired) electrons. The Morgan fingerprint density at radius 2 is 2.00 bits per heavy atom. The number of rotatable bonds is 4. The van der Waals surface area contributed by atoms with Gasteiger partial charge < -0.3 is 9.64 Å². The summed E-state index contributed by atoms with van der Waals surface area (Å²) in [7, 11) is 3.21. The number of fused-ring (bicyclic) bond motifs is 1. The third-order valence-electron chi connectivity index (χ3n) is 2.90. The second kappa shape index (κ2) is 6.65. The maximum Gasteiger partial charge on any atom is 0.331 e. The van der Waals surface area contributed by atoms with Gasteiger partial charge in [0.05, 0.1) is 5.52 Å². The van der Waals surface area contributed by atoms with E-state index in [0.29, 0.717) is 0 Å². The third-order valence-corrected chi connectivity index (χ3v) is 2.90. The zero-order chi connectivity index (χ0) is 15.2. The van der Waals surface area contributed by atoms with Crippen molar-refractivity contribution in [1.29, 1.82) is 0 Å². The van der Waals surface area contributed by atoms with Gasteiger partial charge in [0.1, 0.15) is 0 Å². The van der Waals surface area contributed by atoms with Crippen LogP contribution in [0.25, 0.3) is 17.0 Å².